The van der Waals surface area contributed by atoms with Crippen molar-refractivity contribution < 1.29 is 9.13 Å². The quantitative estimate of drug-likeness (QED) is 0.887. The average Bonchev–Trinajstić information content (AvgIpc) is 2.45. The predicted molar refractivity (Wildman–Crippen MR) is 75.5 cm³/mol. The minimum absolute atomic E-state index is 0.266. The van der Waals surface area contributed by atoms with Crippen molar-refractivity contribution in [2.45, 2.75) is 19.9 Å². The summed E-state index contributed by atoms with van der Waals surface area (Å²) in [6, 6.07) is 12.3. The van der Waals surface area contributed by atoms with Gasteiger partial charge >= 0.3 is 0 Å². The Morgan fingerprint density at radius 2 is 1.89 bits per heavy atom. The Morgan fingerprint density at radius 3 is 2.63 bits per heavy atom. The third kappa shape index (κ3) is 3.12. The van der Waals surface area contributed by atoms with Crippen LogP contribution in [0.4, 0.5) is 4.39 Å². The van der Waals surface area contributed by atoms with E-state index < -0.39 is 0 Å². The molecule has 0 saturated heterocycles. The zero-order valence-corrected chi connectivity index (χ0v) is 11.0. The van der Waals surface area contributed by atoms with Crippen molar-refractivity contribution >= 4 is 0 Å². The van der Waals surface area contributed by atoms with Crippen LogP contribution < -0.4 is 10.5 Å². The Labute approximate surface area is 113 Å². The van der Waals surface area contributed by atoms with Gasteiger partial charge in [0.05, 0.1) is 6.61 Å². The molecule has 2 N–H and O–H groups in total. The maximum absolute atomic E-state index is 13.5. The Kier molecular flexibility index (Phi) is 4.53. The first-order valence-corrected chi connectivity index (χ1v) is 6.47. The van der Waals surface area contributed by atoms with E-state index in [0.717, 1.165) is 28.9 Å². The number of para-hydroxylation sites is 1. The fraction of sp³-hybridized carbons (Fsp3) is 0.250. The highest BCUT2D eigenvalue weighted by Crippen LogP contribution is 2.32. The summed E-state index contributed by atoms with van der Waals surface area (Å²) in [6.07, 6.45) is 0.932. The highest BCUT2D eigenvalue weighted by Gasteiger charge is 2.10. The molecular formula is C16H18FNO. The van der Waals surface area contributed by atoms with Crippen LogP contribution in [0.1, 0.15) is 18.9 Å². The molecule has 100 valence electrons. The normalized spacial score (nSPS) is 10.5. The lowest BCUT2D eigenvalue weighted by Crippen LogP contribution is -2.02. The molecule has 0 bridgehead atoms. The number of nitrogens with two attached hydrogens (primary N) is 1. The monoisotopic (exact) mass is 259 g/mol. The van der Waals surface area contributed by atoms with E-state index in [9.17, 15) is 4.39 Å². The van der Waals surface area contributed by atoms with Crippen molar-refractivity contribution in [3.05, 3.63) is 53.8 Å². The van der Waals surface area contributed by atoms with E-state index in [4.69, 9.17) is 10.5 Å². The molecule has 0 fully saturated rings. The van der Waals surface area contributed by atoms with Crippen molar-refractivity contribution in [3.63, 3.8) is 0 Å². The summed E-state index contributed by atoms with van der Waals surface area (Å²) in [5, 5.41) is 0. The van der Waals surface area contributed by atoms with Crippen LogP contribution >= 0.6 is 0 Å². The highest BCUT2D eigenvalue weighted by molar-refractivity contribution is 5.73. The number of halogens is 1. The van der Waals surface area contributed by atoms with Crippen LogP contribution in [0, 0.1) is 5.82 Å². The van der Waals surface area contributed by atoms with E-state index in [1.165, 1.54) is 12.1 Å². The molecule has 0 aliphatic heterocycles. The summed E-state index contributed by atoms with van der Waals surface area (Å²) < 4.78 is 19.2. The van der Waals surface area contributed by atoms with Crippen LogP contribution in [0.3, 0.4) is 0 Å². The second kappa shape index (κ2) is 6.34. The Balaban J connectivity index is 2.48. The standard InChI is InChI=1S/C16H18FNO/c1-2-9-19-16-6-4-3-5-14(16)15-10-13(17)8-7-12(15)11-18/h3-8,10H,2,9,11,18H2,1H3. The third-order valence-electron chi connectivity index (χ3n) is 2.93. The Bertz CT molecular complexity index is 554. The molecule has 0 heterocycles. The summed E-state index contributed by atoms with van der Waals surface area (Å²) in [5.41, 5.74) is 8.32. The molecule has 0 atom stereocenters. The second-order valence-corrected chi connectivity index (χ2v) is 4.35. The summed E-state index contributed by atoms with van der Waals surface area (Å²) >= 11 is 0. The zero-order chi connectivity index (χ0) is 13.7. The fourth-order valence-corrected chi connectivity index (χ4v) is 2.00. The molecule has 2 rings (SSSR count). The number of benzene rings is 2. The smallest absolute Gasteiger partial charge is 0.127 e. The van der Waals surface area contributed by atoms with Gasteiger partial charge in [0.25, 0.3) is 0 Å². The molecule has 0 aromatic heterocycles. The van der Waals surface area contributed by atoms with Crippen molar-refractivity contribution in [2.75, 3.05) is 6.61 Å². The van der Waals surface area contributed by atoms with Crippen LogP contribution in [0.15, 0.2) is 42.5 Å². The van der Waals surface area contributed by atoms with Gasteiger partial charge in [-0.3, -0.25) is 0 Å². The SMILES string of the molecule is CCCOc1ccccc1-c1cc(F)ccc1CN. The molecule has 0 unspecified atom stereocenters. The van der Waals surface area contributed by atoms with E-state index >= 15 is 0 Å². The van der Waals surface area contributed by atoms with Crippen LogP contribution in [0.25, 0.3) is 11.1 Å². The molecule has 3 heteroatoms. The fourth-order valence-electron chi connectivity index (χ4n) is 2.00. The molecule has 0 radical (unpaired) electrons. The van der Waals surface area contributed by atoms with E-state index in [2.05, 4.69) is 6.92 Å². The number of ether oxygens (including phenoxy) is 1. The molecule has 0 aliphatic rings. The molecular weight excluding hydrogens is 241 g/mol. The van der Waals surface area contributed by atoms with E-state index in [0.29, 0.717) is 13.2 Å². The molecule has 19 heavy (non-hydrogen) atoms. The summed E-state index contributed by atoms with van der Waals surface area (Å²) in [4.78, 5) is 0. The number of hydrogen-bond acceptors (Lipinski definition) is 2. The van der Waals surface area contributed by atoms with Crippen LogP contribution in [-0.4, -0.2) is 6.61 Å². The third-order valence-corrected chi connectivity index (χ3v) is 2.93. The topological polar surface area (TPSA) is 35.2 Å². The molecule has 0 aliphatic carbocycles. The maximum atomic E-state index is 13.5. The van der Waals surface area contributed by atoms with Crippen molar-refractivity contribution in [2.24, 2.45) is 5.73 Å². The van der Waals surface area contributed by atoms with Gasteiger partial charge < -0.3 is 10.5 Å². The number of hydrogen-bond donors (Lipinski definition) is 1. The molecule has 2 aromatic rings. The zero-order valence-electron chi connectivity index (χ0n) is 11.0. The minimum Gasteiger partial charge on any atom is -0.493 e. The van der Waals surface area contributed by atoms with Gasteiger partial charge in [-0.1, -0.05) is 31.2 Å². The lowest BCUT2D eigenvalue weighted by atomic mass is 9.98. The minimum atomic E-state index is -0.266. The molecule has 0 amide bonds. The van der Waals surface area contributed by atoms with Gasteiger partial charge in [0, 0.05) is 12.1 Å². The first-order valence-electron chi connectivity index (χ1n) is 6.47. The predicted octanol–water partition coefficient (Wildman–Crippen LogP) is 3.74. The summed E-state index contributed by atoms with van der Waals surface area (Å²) in [5.74, 6) is 0.502. The first-order chi connectivity index (χ1) is 9.26. The molecule has 0 spiro atoms. The number of rotatable bonds is 5. The summed E-state index contributed by atoms with van der Waals surface area (Å²) in [7, 11) is 0. The van der Waals surface area contributed by atoms with E-state index in [-0.39, 0.29) is 5.82 Å². The molecule has 0 saturated carbocycles. The molecule has 2 aromatic carbocycles. The van der Waals surface area contributed by atoms with Gasteiger partial charge in [0.15, 0.2) is 0 Å². The van der Waals surface area contributed by atoms with Gasteiger partial charge in [-0.05, 0) is 35.7 Å². The summed E-state index contributed by atoms with van der Waals surface area (Å²) in [6.45, 7) is 3.07. The van der Waals surface area contributed by atoms with Crippen molar-refractivity contribution in [1.29, 1.82) is 0 Å². The average molecular weight is 259 g/mol. The lowest BCUT2D eigenvalue weighted by molar-refractivity contribution is 0.318. The van der Waals surface area contributed by atoms with Crippen molar-refractivity contribution in [3.8, 4) is 16.9 Å². The van der Waals surface area contributed by atoms with E-state index in [1.807, 2.05) is 24.3 Å². The van der Waals surface area contributed by atoms with Gasteiger partial charge in [0.1, 0.15) is 11.6 Å². The largest absolute Gasteiger partial charge is 0.493 e. The van der Waals surface area contributed by atoms with Gasteiger partial charge in [-0.2, -0.15) is 0 Å². The lowest BCUT2D eigenvalue weighted by Gasteiger charge is -2.13. The Morgan fingerprint density at radius 1 is 1.11 bits per heavy atom. The van der Waals surface area contributed by atoms with E-state index in [1.54, 1.807) is 6.07 Å². The first kappa shape index (κ1) is 13.6. The second-order valence-electron chi connectivity index (χ2n) is 4.35. The van der Waals surface area contributed by atoms with Gasteiger partial charge in [-0.15, -0.1) is 0 Å². The van der Waals surface area contributed by atoms with Gasteiger partial charge in [-0.25, -0.2) is 4.39 Å². The van der Waals surface area contributed by atoms with Crippen molar-refractivity contribution in [1.82, 2.24) is 0 Å². The highest BCUT2D eigenvalue weighted by atomic mass is 19.1. The van der Waals surface area contributed by atoms with Gasteiger partial charge in [0.2, 0.25) is 0 Å². The van der Waals surface area contributed by atoms with Crippen LogP contribution in [0.5, 0.6) is 5.75 Å². The molecule has 2 nitrogen and oxygen atoms in total. The maximum Gasteiger partial charge on any atom is 0.127 e. The van der Waals surface area contributed by atoms with Crippen LogP contribution in [0.2, 0.25) is 0 Å². The Hall–Kier alpha value is -1.87. The van der Waals surface area contributed by atoms with Crippen LogP contribution in [-0.2, 0) is 6.54 Å².